The minimum absolute atomic E-state index is 0.504. The zero-order valence-corrected chi connectivity index (χ0v) is 19.0. The molecule has 3 aromatic rings. The van der Waals surface area contributed by atoms with E-state index in [1.54, 1.807) is 0 Å². The van der Waals surface area contributed by atoms with Gasteiger partial charge in [-0.1, -0.05) is 55.1 Å². The second-order valence-electron chi connectivity index (χ2n) is 8.10. The molecule has 0 spiro atoms. The van der Waals surface area contributed by atoms with Crippen molar-refractivity contribution in [2.45, 2.75) is 26.5 Å². The van der Waals surface area contributed by atoms with Gasteiger partial charge in [0.2, 0.25) is 11.8 Å². The summed E-state index contributed by atoms with van der Waals surface area (Å²) in [4.78, 5) is 11.9. The SMILES string of the molecule is C=C1/C=C(/C)N(c2nc3c(c(NCc4ccccc4)n2)COCC3)C/C=C\C=C1c1nn[nH]n1. The summed E-state index contributed by atoms with van der Waals surface area (Å²) in [6.07, 6.45) is 8.72. The van der Waals surface area contributed by atoms with Gasteiger partial charge in [0, 0.05) is 36.3 Å². The molecular formula is C25H26N8O. The van der Waals surface area contributed by atoms with Crippen LogP contribution in [-0.2, 0) is 24.3 Å². The Morgan fingerprint density at radius 3 is 2.91 bits per heavy atom. The number of hydrogen-bond acceptors (Lipinski definition) is 8. The first-order valence-electron chi connectivity index (χ1n) is 11.2. The third-order valence-electron chi connectivity index (χ3n) is 5.78. The molecule has 0 saturated carbocycles. The van der Waals surface area contributed by atoms with Crippen molar-refractivity contribution < 1.29 is 4.74 Å². The van der Waals surface area contributed by atoms with Crippen molar-refractivity contribution in [3.63, 3.8) is 0 Å². The molecule has 0 fully saturated rings. The van der Waals surface area contributed by atoms with E-state index in [4.69, 9.17) is 14.7 Å². The molecule has 2 N–H and O–H groups in total. The Bertz CT molecular complexity index is 1260. The lowest BCUT2D eigenvalue weighted by Crippen LogP contribution is -2.26. The quantitative estimate of drug-likeness (QED) is 0.603. The Morgan fingerprint density at radius 1 is 1.21 bits per heavy atom. The molecule has 2 aliphatic rings. The zero-order chi connectivity index (χ0) is 23.3. The van der Waals surface area contributed by atoms with Gasteiger partial charge in [0.05, 0.1) is 18.9 Å². The second kappa shape index (κ2) is 9.80. The topological polar surface area (TPSA) is 105 Å². The molecule has 172 valence electrons. The summed E-state index contributed by atoms with van der Waals surface area (Å²) in [6.45, 7) is 8.71. The van der Waals surface area contributed by atoms with Gasteiger partial charge < -0.3 is 15.0 Å². The van der Waals surface area contributed by atoms with Gasteiger partial charge in [-0.15, -0.1) is 10.2 Å². The monoisotopic (exact) mass is 454 g/mol. The van der Waals surface area contributed by atoms with E-state index in [1.165, 1.54) is 5.56 Å². The highest BCUT2D eigenvalue weighted by atomic mass is 16.5. The number of benzene rings is 1. The number of anilines is 2. The average molecular weight is 455 g/mol. The van der Waals surface area contributed by atoms with Gasteiger partial charge in [-0.05, 0) is 29.3 Å². The van der Waals surface area contributed by atoms with E-state index in [1.807, 2.05) is 43.4 Å². The predicted octanol–water partition coefficient (Wildman–Crippen LogP) is 3.59. The van der Waals surface area contributed by atoms with Crippen molar-refractivity contribution in [1.82, 2.24) is 30.6 Å². The highest BCUT2D eigenvalue weighted by molar-refractivity contribution is 5.79. The second-order valence-corrected chi connectivity index (χ2v) is 8.10. The number of rotatable bonds is 5. The van der Waals surface area contributed by atoms with Crippen LogP contribution in [0.15, 0.2) is 72.5 Å². The molecule has 0 atom stereocenters. The standard InChI is InChI=1S/C25H26N8O/c1-17-14-18(2)33(12-7-6-10-20(17)24-29-31-32-30-24)25-27-22-11-13-34-16-21(22)23(28-25)26-15-19-8-4-3-5-9-19/h3-10,14H,1,11-13,15-16H2,2H3,(H,26,27,28)(H,29,30,31,32)/b7-6-,18-14-,20-10?. The van der Waals surface area contributed by atoms with Crippen LogP contribution in [0.25, 0.3) is 5.57 Å². The fraction of sp³-hybridized carbons (Fsp3) is 0.240. The van der Waals surface area contributed by atoms with Crippen molar-refractivity contribution in [1.29, 1.82) is 0 Å². The lowest BCUT2D eigenvalue weighted by Gasteiger charge is -2.26. The molecular weight excluding hydrogens is 428 g/mol. The number of tetrazole rings is 1. The first-order valence-corrected chi connectivity index (χ1v) is 11.2. The largest absolute Gasteiger partial charge is 0.376 e. The fourth-order valence-electron chi connectivity index (χ4n) is 3.99. The predicted molar refractivity (Wildman–Crippen MR) is 131 cm³/mol. The lowest BCUT2D eigenvalue weighted by molar-refractivity contribution is 0.109. The zero-order valence-electron chi connectivity index (χ0n) is 19.0. The van der Waals surface area contributed by atoms with Crippen LogP contribution in [0.4, 0.5) is 11.8 Å². The summed E-state index contributed by atoms with van der Waals surface area (Å²) in [7, 11) is 0. The molecule has 34 heavy (non-hydrogen) atoms. The van der Waals surface area contributed by atoms with E-state index < -0.39 is 0 Å². The summed E-state index contributed by atoms with van der Waals surface area (Å²) in [5, 5.41) is 17.9. The van der Waals surface area contributed by atoms with Crippen LogP contribution < -0.4 is 10.2 Å². The van der Waals surface area contributed by atoms with Crippen molar-refractivity contribution in [2.24, 2.45) is 0 Å². The lowest BCUT2D eigenvalue weighted by atomic mass is 10.1. The fourth-order valence-corrected chi connectivity index (χ4v) is 3.99. The number of allylic oxidation sites excluding steroid dienone is 6. The van der Waals surface area contributed by atoms with E-state index in [0.29, 0.717) is 38.1 Å². The Kier molecular flexibility index (Phi) is 6.26. The van der Waals surface area contributed by atoms with Crippen LogP contribution in [0.3, 0.4) is 0 Å². The summed E-state index contributed by atoms with van der Waals surface area (Å²) >= 11 is 0. The Labute approximate surface area is 198 Å². The Morgan fingerprint density at radius 2 is 2.09 bits per heavy atom. The van der Waals surface area contributed by atoms with Crippen LogP contribution in [-0.4, -0.2) is 43.7 Å². The van der Waals surface area contributed by atoms with Crippen LogP contribution in [0.5, 0.6) is 0 Å². The molecule has 9 nitrogen and oxygen atoms in total. The number of fused-ring (bicyclic) bond motifs is 1. The number of hydrogen-bond donors (Lipinski definition) is 2. The van der Waals surface area contributed by atoms with Crippen LogP contribution >= 0.6 is 0 Å². The minimum Gasteiger partial charge on any atom is -0.376 e. The van der Waals surface area contributed by atoms with Gasteiger partial charge in [0.15, 0.2) is 0 Å². The van der Waals surface area contributed by atoms with Gasteiger partial charge in [-0.25, -0.2) is 4.98 Å². The minimum atomic E-state index is 0.504. The summed E-state index contributed by atoms with van der Waals surface area (Å²) in [5.74, 6) is 1.96. The molecule has 0 saturated heterocycles. The third kappa shape index (κ3) is 4.65. The van der Waals surface area contributed by atoms with Crippen LogP contribution in [0.1, 0.15) is 29.6 Å². The Balaban J connectivity index is 1.47. The van der Waals surface area contributed by atoms with Gasteiger partial charge in [0.1, 0.15) is 5.82 Å². The highest BCUT2D eigenvalue weighted by Gasteiger charge is 2.22. The molecule has 9 heteroatoms. The molecule has 1 aromatic carbocycles. The Hall–Kier alpha value is -4.11. The maximum atomic E-state index is 5.72. The number of aromatic nitrogens is 6. The van der Waals surface area contributed by atoms with Gasteiger partial charge in [-0.3, -0.25) is 0 Å². The maximum absolute atomic E-state index is 5.72. The van der Waals surface area contributed by atoms with E-state index in [2.05, 4.69) is 55.6 Å². The number of ether oxygens (including phenoxy) is 1. The van der Waals surface area contributed by atoms with Gasteiger partial charge >= 0.3 is 0 Å². The number of H-pyrrole nitrogens is 1. The molecule has 0 aliphatic carbocycles. The van der Waals surface area contributed by atoms with E-state index in [9.17, 15) is 0 Å². The summed E-state index contributed by atoms with van der Waals surface area (Å²) < 4.78 is 5.72. The third-order valence-corrected chi connectivity index (χ3v) is 5.78. The van der Waals surface area contributed by atoms with E-state index in [-0.39, 0.29) is 0 Å². The normalized spacial score (nSPS) is 18.6. The van der Waals surface area contributed by atoms with Crippen LogP contribution in [0, 0.1) is 0 Å². The van der Waals surface area contributed by atoms with E-state index >= 15 is 0 Å². The van der Waals surface area contributed by atoms with Crippen molar-refractivity contribution in [3.05, 3.63) is 95.1 Å². The average Bonchev–Trinajstić information content (AvgIpc) is 3.40. The van der Waals surface area contributed by atoms with Crippen molar-refractivity contribution in [2.75, 3.05) is 23.4 Å². The number of nitrogens with one attached hydrogen (secondary N) is 2. The molecule has 0 radical (unpaired) electrons. The first kappa shape index (κ1) is 21.7. The molecule has 0 unspecified atom stereocenters. The van der Waals surface area contributed by atoms with Gasteiger partial charge in [0.25, 0.3) is 0 Å². The first-order chi connectivity index (χ1) is 16.7. The molecule has 5 rings (SSSR count). The van der Waals surface area contributed by atoms with Crippen molar-refractivity contribution >= 4 is 17.3 Å². The smallest absolute Gasteiger partial charge is 0.232 e. The maximum Gasteiger partial charge on any atom is 0.232 e. The van der Waals surface area contributed by atoms with Crippen molar-refractivity contribution in [3.8, 4) is 0 Å². The van der Waals surface area contributed by atoms with Crippen LogP contribution in [0.2, 0.25) is 0 Å². The molecule has 0 bridgehead atoms. The van der Waals surface area contributed by atoms with E-state index in [0.717, 1.165) is 40.3 Å². The molecule has 2 aromatic heterocycles. The summed E-state index contributed by atoms with van der Waals surface area (Å²) in [5.41, 5.74) is 5.79. The highest BCUT2D eigenvalue weighted by Crippen LogP contribution is 2.29. The molecule has 0 amide bonds. The summed E-state index contributed by atoms with van der Waals surface area (Å²) in [6, 6.07) is 10.3. The molecule has 4 heterocycles. The number of aromatic amines is 1. The number of nitrogens with zero attached hydrogens (tertiary/aromatic N) is 6. The molecule has 2 aliphatic heterocycles. The van der Waals surface area contributed by atoms with Gasteiger partial charge in [-0.2, -0.15) is 10.2 Å².